The Labute approximate surface area is 181 Å². The van der Waals surface area contributed by atoms with E-state index in [-0.39, 0.29) is 11.3 Å². The van der Waals surface area contributed by atoms with Gasteiger partial charge in [0, 0.05) is 23.3 Å². The molecule has 0 saturated carbocycles. The average molecular weight is 437 g/mol. The van der Waals surface area contributed by atoms with Gasteiger partial charge in [-0.25, -0.2) is 0 Å². The van der Waals surface area contributed by atoms with Crippen molar-refractivity contribution in [2.45, 2.75) is 12.2 Å². The molecule has 0 fully saturated rings. The highest BCUT2D eigenvalue weighted by Gasteiger charge is 2.37. The molecule has 1 amide bonds. The third-order valence-corrected chi connectivity index (χ3v) is 4.99. The lowest BCUT2D eigenvalue weighted by atomic mass is 9.98. The molecule has 8 heteroatoms. The van der Waals surface area contributed by atoms with Crippen LogP contribution in [0.15, 0.2) is 79.1 Å². The number of rotatable bonds is 5. The summed E-state index contributed by atoms with van der Waals surface area (Å²) in [5.41, 5.74) is 0.0510. The van der Waals surface area contributed by atoms with Crippen molar-refractivity contribution in [3.8, 4) is 5.75 Å². The molecule has 0 saturated heterocycles. The minimum absolute atomic E-state index is 0.272. The highest BCUT2D eigenvalue weighted by atomic mass is 19.4. The number of ether oxygens (including phenoxy) is 1. The maximum Gasteiger partial charge on any atom is 0.418 e. The summed E-state index contributed by atoms with van der Waals surface area (Å²) in [4.78, 5) is 21.3. The number of amides is 1. The van der Waals surface area contributed by atoms with Gasteiger partial charge in [0.15, 0.2) is 0 Å². The first-order valence-electron chi connectivity index (χ1n) is 9.68. The first kappa shape index (κ1) is 21.3. The lowest BCUT2D eigenvalue weighted by molar-refractivity contribution is -0.138. The van der Waals surface area contributed by atoms with Crippen LogP contribution in [0.25, 0.3) is 10.9 Å². The maximum atomic E-state index is 13.7. The number of nitrogens with one attached hydrogen (secondary N) is 1. The fourth-order valence-electron chi connectivity index (χ4n) is 3.44. The van der Waals surface area contributed by atoms with Gasteiger partial charge in [-0.05, 0) is 48.0 Å². The molecule has 0 aliphatic rings. The Bertz CT molecular complexity index is 1270. The minimum Gasteiger partial charge on any atom is -0.497 e. The van der Waals surface area contributed by atoms with Gasteiger partial charge in [-0.1, -0.05) is 24.3 Å². The number of nitrogens with zero attached hydrogens (tertiary/aromatic N) is 2. The molecule has 2 aromatic heterocycles. The van der Waals surface area contributed by atoms with E-state index in [4.69, 9.17) is 4.74 Å². The normalized spacial score (nSPS) is 12.4. The zero-order chi connectivity index (χ0) is 22.7. The van der Waals surface area contributed by atoms with Gasteiger partial charge in [0.25, 0.3) is 5.91 Å². The molecule has 162 valence electrons. The number of fused-ring (bicyclic) bond motifs is 1. The summed E-state index contributed by atoms with van der Waals surface area (Å²) >= 11 is 0. The quantitative estimate of drug-likeness (QED) is 0.468. The summed E-state index contributed by atoms with van der Waals surface area (Å²) in [5.74, 6) is -0.106. The van der Waals surface area contributed by atoms with Crippen LogP contribution in [-0.2, 0) is 6.18 Å². The van der Waals surface area contributed by atoms with Gasteiger partial charge in [-0.3, -0.25) is 14.8 Å². The summed E-state index contributed by atoms with van der Waals surface area (Å²) in [6.45, 7) is 0. The topological polar surface area (TPSA) is 64.1 Å². The Hall–Kier alpha value is -3.94. The number of hydrogen-bond donors (Lipinski definition) is 1. The number of aromatic nitrogens is 2. The maximum absolute atomic E-state index is 13.7. The van der Waals surface area contributed by atoms with E-state index in [2.05, 4.69) is 15.3 Å². The van der Waals surface area contributed by atoms with Crippen molar-refractivity contribution < 1.29 is 22.7 Å². The van der Waals surface area contributed by atoms with Crippen molar-refractivity contribution in [1.29, 1.82) is 0 Å². The van der Waals surface area contributed by atoms with Gasteiger partial charge in [0.1, 0.15) is 5.75 Å². The van der Waals surface area contributed by atoms with E-state index in [1.165, 1.54) is 19.4 Å². The van der Waals surface area contributed by atoms with Crippen molar-refractivity contribution in [1.82, 2.24) is 15.3 Å². The van der Waals surface area contributed by atoms with E-state index >= 15 is 0 Å². The summed E-state index contributed by atoms with van der Waals surface area (Å²) in [6, 6.07) is 16.1. The fraction of sp³-hybridized carbons (Fsp3) is 0.125. The molecule has 4 rings (SSSR count). The first-order valence-corrected chi connectivity index (χ1v) is 9.68. The molecule has 1 atom stereocenters. The Morgan fingerprint density at radius 1 is 0.969 bits per heavy atom. The number of hydrogen-bond acceptors (Lipinski definition) is 4. The lowest BCUT2D eigenvalue weighted by Gasteiger charge is -2.23. The predicted molar refractivity (Wildman–Crippen MR) is 113 cm³/mol. The summed E-state index contributed by atoms with van der Waals surface area (Å²) < 4.78 is 46.4. The fourth-order valence-corrected chi connectivity index (χ4v) is 3.44. The van der Waals surface area contributed by atoms with Gasteiger partial charge in [0.2, 0.25) is 0 Å². The lowest BCUT2D eigenvalue weighted by Crippen LogP contribution is -2.31. The smallest absolute Gasteiger partial charge is 0.418 e. The Morgan fingerprint density at radius 2 is 1.75 bits per heavy atom. The molecular weight excluding hydrogens is 419 g/mol. The zero-order valence-electron chi connectivity index (χ0n) is 16.9. The van der Waals surface area contributed by atoms with Crippen LogP contribution in [0, 0.1) is 0 Å². The molecule has 2 aromatic carbocycles. The summed E-state index contributed by atoms with van der Waals surface area (Å²) in [6.07, 6.45) is -1.77. The Kier molecular flexibility index (Phi) is 5.77. The third-order valence-electron chi connectivity index (χ3n) is 4.99. The van der Waals surface area contributed by atoms with Crippen LogP contribution in [0.3, 0.4) is 0 Å². The highest BCUT2D eigenvalue weighted by Crippen LogP contribution is 2.36. The first-order chi connectivity index (χ1) is 15.4. The van der Waals surface area contributed by atoms with Crippen molar-refractivity contribution in [2.24, 2.45) is 0 Å². The number of carbonyl (C=O) groups excluding carboxylic acids is 1. The van der Waals surface area contributed by atoms with Gasteiger partial charge in [-0.15, -0.1) is 0 Å². The van der Waals surface area contributed by atoms with E-state index < -0.39 is 23.7 Å². The van der Waals surface area contributed by atoms with E-state index in [9.17, 15) is 18.0 Å². The standard InChI is InChI=1S/C24H18F3N3O2/c1-32-18-7-2-5-16(13-18)21(22-19(24(25,26)27)8-4-12-29-22)30-23(31)17-10-9-15-6-3-11-28-20(15)14-17/h2-14,21H,1H3,(H,30,31). The third kappa shape index (κ3) is 4.39. The van der Waals surface area contributed by atoms with Crippen LogP contribution in [0.2, 0.25) is 0 Å². The van der Waals surface area contributed by atoms with Crippen molar-refractivity contribution in [3.05, 3.63) is 102 Å². The Morgan fingerprint density at radius 3 is 2.53 bits per heavy atom. The number of benzene rings is 2. The molecule has 32 heavy (non-hydrogen) atoms. The van der Waals surface area contributed by atoms with Crippen LogP contribution in [0.4, 0.5) is 13.2 Å². The molecule has 0 spiro atoms. The van der Waals surface area contributed by atoms with Crippen LogP contribution in [0.5, 0.6) is 5.75 Å². The van der Waals surface area contributed by atoms with Crippen LogP contribution >= 0.6 is 0 Å². The number of pyridine rings is 2. The minimum atomic E-state index is -4.64. The largest absolute Gasteiger partial charge is 0.497 e. The second kappa shape index (κ2) is 8.66. The predicted octanol–water partition coefficient (Wildman–Crippen LogP) is 5.18. The number of halogens is 3. The van der Waals surface area contributed by atoms with Gasteiger partial charge >= 0.3 is 6.18 Å². The van der Waals surface area contributed by atoms with Crippen LogP contribution < -0.4 is 10.1 Å². The summed E-state index contributed by atoms with van der Waals surface area (Å²) in [5, 5.41) is 3.55. The molecule has 4 aromatic rings. The molecule has 0 radical (unpaired) electrons. The van der Waals surface area contributed by atoms with E-state index in [0.29, 0.717) is 16.8 Å². The van der Waals surface area contributed by atoms with Crippen LogP contribution in [0.1, 0.15) is 33.2 Å². The van der Waals surface area contributed by atoms with Crippen molar-refractivity contribution in [2.75, 3.05) is 7.11 Å². The monoisotopic (exact) mass is 437 g/mol. The highest BCUT2D eigenvalue weighted by molar-refractivity contribution is 5.98. The molecular formula is C24H18F3N3O2. The molecule has 0 bridgehead atoms. The molecule has 1 unspecified atom stereocenters. The van der Waals surface area contributed by atoms with Gasteiger partial charge in [0.05, 0.1) is 29.9 Å². The second-order valence-corrected chi connectivity index (χ2v) is 7.03. The number of alkyl halides is 3. The zero-order valence-corrected chi connectivity index (χ0v) is 16.9. The van der Waals surface area contributed by atoms with Crippen LogP contribution in [-0.4, -0.2) is 23.0 Å². The van der Waals surface area contributed by atoms with E-state index in [1.807, 2.05) is 6.07 Å². The molecule has 0 aliphatic heterocycles. The summed E-state index contributed by atoms with van der Waals surface area (Å²) in [7, 11) is 1.46. The van der Waals surface area contributed by atoms with Gasteiger partial charge in [-0.2, -0.15) is 13.2 Å². The van der Waals surface area contributed by atoms with Crippen molar-refractivity contribution >= 4 is 16.8 Å². The van der Waals surface area contributed by atoms with E-state index in [1.54, 1.807) is 54.7 Å². The molecule has 1 N–H and O–H groups in total. The molecule has 2 heterocycles. The molecule has 0 aliphatic carbocycles. The van der Waals surface area contributed by atoms with Crippen molar-refractivity contribution in [3.63, 3.8) is 0 Å². The SMILES string of the molecule is COc1cccc(C(NC(=O)c2ccc3cccnc3c2)c2ncccc2C(F)(F)F)c1. The average Bonchev–Trinajstić information content (AvgIpc) is 2.81. The van der Waals surface area contributed by atoms with Gasteiger partial charge < -0.3 is 10.1 Å². The second-order valence-electron chi connectivity index (χ2n) is 7.03. The van der Waals surface area contributed by atoms with E-state index in [0.717, 1.165) is 11.5 Å². The Balaban J connectivity index is 1.78. The molecule has 5 nitrogen and oxygen atoms in total. The number of methoxy groups -OCH3 is 1. The number of carbonyl (C=O) groups is 1.